The molecular formula is C18H24N4O3. The number of ether oxygens (including phenoxy) is 1. The minimum absolute atomic E-state index is 0.0948. The van der Waals surface area contributed by atoms with Gasteiger partial charge in [-0.3, -0.25) is 9.59 Å². The summed E-state index contributed by atoms with van der Waals surface area (Å²) in [5.41, 5.74) is 1.54. The number of carbonyl (C=O) groups is 2. The number of nitrogens with one attached hydrogen (secondary N) is 1. The lowest BCUT2D eigenvalue weighted by atomic mass is 9.92. The Hall–Kier alpha value is -2.41. The van der Waals surface area contributed by atoms with E-state index in [9.17, 15) is 9.59 Å². The van der Waals surface area contributed by atoms with Crippen LogP contribution in [0.25, 0.3) is 5.65 Å². The van der Waals surface area contributed by atoms with Gasteiger partial charge in [0.15, 0.2) is 0 Å². The lowest BCUT2D eigenvalue weighted by Gasteiger charge is -2.37. The number of methoxy groups -OCH3 is 1. The number of fused-ring (bicyclic) bond motifs is 1. The summed E-state index contributed by atoms with van der Waals surface area (Å²) in [7, 11) is 3.20. The molecule has 1 N–H and O–H groups in total. The van der Waals surface area contributed by atoms with E-state index in [-0.39, 0.29) is 18.2 Å². The summed E-state index contributed by atoms with van der Waals surface area (Å²) in [5.74, 6) is -0.246. The maximum absolute atomic E-state index is 13.2. The zero-order chi connectivity index (χ0) is 18.0. The first kappa shape index (κ1) is 17.4. The van der Waals surface area contributed by atoms with E-state index in [2.05, 4.69) is 10.3 Å². The Morgan fingerprint density at radius 2 is 2.20 bits per heavy atom. The van der Waals surface area contributed by atoms with Crippen LogP contribution in [0.5, 0.6) is 0 Å². The highest BCUT2D eigenvalue weighted by molar-refractivity contribution is 5.94. The van der Waals surface area contributed by atoms with Crippen LogP contribution in [0, 0.1) is 6.92 Å². The summed E-state index contributed by atoms with van der Waals surface area (Å²) in [6, 6.07) is 5.77. The van der Waals surface area contributed by atoms with E-state index in [0.29, 0.717) is 18.8 Å². The summed E-state index contributed by atoms with van der Waals surface area (Å²) in [6.45, 7) is 2.91. The molecule has 0 radical (unpaired) electrons. The molecule has 3 rings (SSSR count). The SMILES string of the molecule is CNC(=O)C[C@]1(COC)CCCN1C(=O)c1cn2c(C)cccc2n1. The molecule has 0 aromatic carbocycles. The molecule has 2 aromatic heterocycles. The van der Waals surface area contributed by atoms with Crippen LogP contribution in [0.2, 0.25) is 0 Å². The second kappa shape index (κ2) is 6.84. The lowest BCUT2D eigenvalue weighted by Crippen LogP contribution is -2.52. The van der Waals surface area contributed by atoms with Gasteiger partial charge in [0.05, 0.1) is 18.6 Å². The van der Waals surface area contributed by atoms with Gasteiger partial charge in [0.1, 0.15) is 11.3 Å². The van der Waals surface area contributed by atoms with Gasteiger partial charge in [-0.15, -0.1) is 0 Å². The first-order valence-electron chi connectivity index (χ1n) is 8.47. The lowest BCUT2D eigenvalue weighted by molar-refractivity contribution is -0.123. The van der Waals surface area contributed by atoms with Crippen molar-refractivity contribution in [2.45, 2.75) is 31.7 Å². The standard InChI is InChI=1S/C18H24N4O3/c1-13-6-4-7-15-20-14(11-21(13)15)17(24)22-9-5-8-18(22,12-25-3)10-16(23)19-2/h4,6-7,11H,5,8-10,12H2,1-3H3,(H,19,23)/t18-/m0/s1. The number of amides is 2. The Morgan fingerprint density at radius 1 is 1.40 bits per heavy atom. The van der Waals surface area contributed by atoms with Crippen molar-refractivity contribution in [3.05, 3.63) is 35.8 Å². The molecule has 0 spiro atoms. The number of imidazole rings is 1. The van der Waals surface area contributed by atoms with E-state index in [0.717, 1.165) is 24.2 Å². The normalized spacial score (nSPS) is 20.2. The number of carbonyl (C=O) groups excluding carboxylic acids is 2. The first-order valence-corrected chi connectivity index (χ1v) is 8.47. The smallest absolute Gasteiger partial charge is 0.274 e. The number of hydrogen-bond acceptors (Lipinski definition) is 4. The van der Waals surface area contributed by atoms with E-state index >= 15 is 0 Å². The number of aromatic nitrogens is 2. The largest absolute Gasteiger partial charge is 0.382 e. The number of rotatable bonds is 5. The number of pyridine rings is 1. The molecule has 1 aliphatic heterocycles. The number of nitrogens with zero attached hydrogens (tertiary/aromatic N) is 3. The Morgan fingerprint density at radius 3 is 2.88 bits per heavy atom. The molecule has 0 aliphatic carbocycles. The number of aryl methyl sites for hydroxylation is 1. The predicted molar refractivity (Wildman–Crippen MR) is 93.5 cm³/mol. The molecule has 2 amide bonds. The van der Waals surface area contributed by atoms with Gasteiger partial charge in [-0.1, -0.05) is 6.07 Å². The molecule has 2 aromatic rings. The van der Waals surface area contributed by atoms with Crippen molar-refractivity contribution < 1.29 is 14.3 Å². The van der Waals surface area contributed by atoms with Crippen molar-refractivity contribution in [2.75, 3.05) is 27.3 Å². The molecular weight excluding hydrogens is 320 g/mol. The monoisotopic (exact) mass is 344 g/mol. The van der Waals surface area contributed by atoms with Gasteiger partial charge in [-0.2, -0.15) is 0 Å². The van der Waals surface area contributed by atoms with Crippen LogP contribution in [0.1, 0.15) is 35.4 Å². The number of hydrogen-bond donors (Lipinski definition) is 1. The minimum atomic E-state index is -0.614. The minimum Gasteiger partial charge on any atom is -0.382 e. The Balaban J connectivity index is 1.95. The van der Waals surface area contributed by atoms with E-state index in [1.165, 1.54) is 0 Å². The van der Waals surface area contributed by atoms with Crippen molar-refractivity contribution in [1.82, 2.24) is 19.6 Å². The van der Waals surface area contributed by atoms with Crippen LogP contribution >= 0.6 is 0 Å². The summed E-state index contributed by atoms with van der Waals surface area (Å²) in [5, 5.41) is 2.65. The van der Waals surface area contributed by atoms with Crippen LogP contribution in [0.15, 0.2) is 24.4 Å². The number of likely N-dealkylation sites (tertiary alicyclic amines) is 1. The Bertz CT molecular complexity index is 801. The molecule has 134 valence electrons. The molecule has 1 saturated heterocycles. The summed E-state index contributed by atoms with van der Waals surface area (Å²) in [4.78, 5) is 31.4. The van der Waals surface area contributed by atoms with E-state index < -0.39 is 5.54 Å². The van der Waals surface area contributed by atoms with Crippen LogP contribution in [-0.4, -0.2) is 58.9 Å². The third-order valence-electron chi connectivity index (χ3n) is 4.94. The fourth-order valence-corrected chi connectivity index (χ4v) is 3.69. The summed E-state index contributed by atoms with van der Waals surface area (Å²) < 4.78 is 7.27. The zero-order valence-electron chi connectivity index (χ0n) is 14.9. The second-order valence-electron chi connectivity index (χ2n) is 6.59. The van der Waals surface area contributed by atoms with E-state index in [4.69, 9.17) is 4.74 Å². The molecule has 0 saturated carbocycles. The predicted octanol–water partition coefficient (Wildman–Crippen LogP) is 1.40. The van der Waals surface area contributed by atoms with Gasteiger partial charge in [-0.05, 0) is 31.9 Å². The van der Waals surface area contributed by atoms with Crippen LogP contribution < -0.4 is 5.32 Å². The van der Waals surface area contributed by atoms with Crippen LogP contribution in [0.4, 0.5) is 0 Å². The zero-order valence-corrected chi connectivity index (χ0v) is 14.9. The van der Waals surface area contributed by atoms with Gasteiger partial charge in [-0.25, -0.2) is 4.98 Å². The third-order valence-corrected chi connectivity index (χ3v) is 4.94. The van der Waals surface area contributed by atoms with Crippen molar-refractivity contribution in [1.29, 1.82) is 0 Å². The third kappa shape index (κ3) is 3.11. The fourth-order valence-electron chi connectivity index (χ4n) is 3.69. The molecule has 7 nitrogen and oxygen atoms in total. The van der Waals surface area contributed by atoms with Crippen molar-refractivity contribution in [3.8, 4) is 0 Å². The first-order chi connectivity index (χ1) is 12.0. The van der Waals surface area contributed by atoms with Crippen molar-refractivity contribution in [3.63, 3.8) is 0 Å². The maximum atomic E-state index is 13.2. The molecule has 1 atom stereocenters. The maximum Gasteiger partial charge on any atom is 0.274 e. The quantitative estimate of drug-likeness (QED) is 0.890. The topological polar surface area (TPSA) is 75.9 Å². The van der Waals surface area contributed by atoms with E-state index in [1.54, 1.807) is 25.3 Å². The molecule has 25 heavy (non-hydrogen) atoms. The Kier molecular flexibility index (Phi) is 4.76. The fraction of sp³-hybridized carbons (Fsp3) is 0.500. The molecule has 0 bridgehead atoms. The van der Waals surface area contributed by atoms with Crippen molar-refractivity contribution >= 4 is 17.5 Å². The average molecular weight is 344 g/mol. The van der Waals surface area contributed by atoms with Gasteiger partial charge in [0.2, 0.25) is 5.91 Å². The molecule has 0 unspecified atom stereocenters. The molecule has 1 aliphatic rings. The molecule has 1 fully saturated rings. The van der Waals surface area contributed by atoms with Crippen LogP contribution in [-0.2, 0) is 9.53 Å². The molecule has 3 heterocycles. The highest BCUT2D eigenvalue weighted by Crippen LogP contribution is 2.34. The van der Waals surface area contributed by atoms with Gasteiger partial charge in [0.25, 0.3) is 5.91 Å². The summed E-state index contributed by atoms with van der Waals surface area (Å²) >= 11 is 0. The molecule has 7 heteroatoms. The van der Waals surface area contributed by atoms with Gasteiger partial charge < -0.3 is 19.4 Å². The van der Waals surface area contributed by atoms with Crippen LogP contribution in [0.3, 0.4) is 0 Å². The van der Waals surface area contributed by atoms with Crippen molar-refractivity contribution in [2.24, 2.45) is 0 Å². The van der Waals surface area contributed by atoms with E-state index in [1.807, 2.05) is 29.5 Å². The second-order valence-corrected chi connectivity index (χ2v) is 6.59. The summed E-state index contributed by atoms with van der Waals surface area (Å²) in [6.07, 6.45) is 3.59. The van der Waals surface area contributed by atoms with Gasteiger partial charge >= 0.3 is 0 Å². The highest BCUT2D eigenvalue weighted by Gasteiger charge is 2.45. The average Bonchev–Trinajstić information content (AvgIpc) is 3.20. The highest BCUT2D eigenvalue weighted by atomic mass is 16.5. The van der Waals surface area contributed by atoms with Gasteiger partial charge in [0, 0.05) is 32.6 Å². The Labute approximate surface area is 147 Å².